The van der Waals surface area contributed by atoms with Gasteiger partial charge in [-0.2, -0.15) is 0 Å². The summed E-state index contributed by atoms with van der Waals surface area (Å²) in [6.07, 6.45) is 6.93. The minimum absolute atomic E-state index is 0.0417. The van der Waals surface area contributed by atoms with Gasteiger partial charge in [0.25, 0.3) is 0 Å². The molecular weight excluding hydrogens is 318 g/mol. The lowest BCUT2D eigenvalue weighted by Gasteiger charge is -2.46. The monoisotopic (exact) mass is 351 g/mol. The number of hydrogen-bond donors (Lipinski definition) is 0. The lowest BCUT2D eigenvalue weighted by Crippen LogP contribution is -2.41. The Kier molecular flexibility index (Phi) is 5.57. The van der Waals surface area contributed by atoms with Gasteiger partial charge in [0.15, 0.2) is 6.29 Å². The molecule has 142 valence electrons. The van der Waals surface area contributed by atoms with Crippen LogP contribution in [-0.2, 0) is 19.0 Å². The van der Waals surface area contributed by atoms with E-state index in [0.717, 1.165) is 6.42 Å². The zero-order valence-corrected chi connectivity index (χ0v) is 16.3. The zero-order chi connectivity index (χ0) is 18.2. The molecule has 5 heteroatoms. The van der Waals surface area contributed by atoms with Crippen molar-refractivity contribution in [1.82, 2.24) is 4.90 Å². The topological polar surface area (TPSA) is 48.0 Å². The molecule has 5 atom stereocenters. The number of ether oxygens (including phenoxy) is 3. The number of carbonyl (C=O) groups excluding carboxylic acids is 1. The Labute approximate surface area is 151 Å². The molecule has 1 saturated heterocycles. The van der Waals surface area contributed by atoms with E-state index in [9.17, 15) is 4.79 Å². The average Bonchev–Trinajstić information content (AvgIpc) is 2.85. The van der Waals surface area contributed by atoms with Crippen LogP contribution in [0, 0.1) is 23.2 Å². The summed E-state index contributed by atoms with van der Waals surface area (Å²) in [7, 11) is 5.28. The van der Waals surface area contributed by atoms with Crippen molar-refractivity contribution in [3.8, 4) is 0 Å². The third kappa shape index (κ3) is 3.64. The second-order valence-electron chi connectivity index (χ2n) is 8.46. The van der Waals surface area contributed by atoms with Crippen molar-refractivity contribution in [2.75, 3.05) is 34.4 Å². The fraction of sp³-hybridized carbons (Fsp3) is 0.850. The quantitative estimate of drug-likeness (QED) is 0.418. The van der Waals surface area contributed by atoms with Crippen molar-refractivity contribution in [2.24, 2.45) is 23.2 Å². The van der Waals surface area contributed by atoms with Crippen LogP contribution in [0.1, 0.15) is 39.5 Å². The lowest BCUT2D eigenvalue weighted by molar-refractivity contribution is -0.146. The molecule has 2 aliphatic carbocycles. The Morgan fingerprint density at radius 3 is 2.80 bits per heavy atom. The van der Waals surface area contributed by atoms with Gasteiger partial charge < -0.3 is 19.1 Å². The first-order chi connectivity index (χ1) is 11.9. The Morgan fingerprint density at radius 2 is 2.12 bits per heavy atom. The number of methoxy groups -OCH3 is 2. The van der Waals surface area contributed by atoms with Gasteiger partial charge in [-0.3, -0.25) is 4.79 Å². The predicted octanol–water partition coefficient (Wildman–Crippen LogP) is 2.85. The van der Waals surface area contributed by atoms with E-state index >= 15 is 0 Å². The van der Waals surface area contributed by atoms with Gasteiger partial charge in [-0.05, 0) is 37.6 Å². The van der Waals surface area contributed by atoms with Gasteiger partial charge in [0.05, 0.1) is 5.92 Å². The molecule has 25 heavy (non-hydrogen) atoms. The van der Waals surface area contributed by atoms with Crippen molar-refractivity contribution in [2.45, 2.75) is 51.9 Å². The SMILES string of the molecule is COC(CN(C)CC1C(=O)OC2CC3(C)CCCC(C)C3=CC21)OC. The van der Waals surface area contributed by atoms with E-state index < -0.39 is 0 Å². The summed E-state index contributed by atoms with van der Waals surface area (Å²) in [5.74, 6) is 0.706. The number of hydrogen-bond acceptors (Lipinski definition) is 5. The van der Waals surface area contributed by atoms with E-state index in [1.165, 1.54) is 19.3 Å². The molecule has 0 N–H and O–H groups in total. The highest BCUT2D eigenvalue weighted by Gasteiger charge is 2.51. The van der Waals surface area contributed by atoms with Gasteiger partial charge in [-0.25, -0.2) is 0 Å². The van der Waals surface area contributed by atoms with Crippen LogP contribution in [0.25, 0.3) is 0 Å². The number of likely N-dealkylation sites (N-methyl/N-ethyl adjacent to an activating group) is 1. The average molecular weight is 351 g/mol. The molecule has 2 fully saturated rings. The van der Waals surface area contributed by atoms with Crippen molar-refractivity contribution < 1.29 is 19.0 Å². The second kappa shape index (κ2) is 7.37. The standard InChI is InChI=1S/C20H33NO4/c1-13-7-6-8-20(2)10-17-14(9-16(13)20)15(19(22)25-17)11-21(3)12-18(23-4)24-5/h9,13-15,17-18H,6-8,10-12H2,1-5H3. The molecule has 5 nitrogen and oxygen atoms in total. The highest BCUT2D eigenvalue weighted by Crippen LogP contribution is 2.53. The minimum Gasteiger partial charge on any atom is -0.461 e. The summed E-state index contributed by atoms with van der Waals surface area (Å²) in [6, 6.07) is 0. The highest BCUT2D eigenvalue weighted by molar-refractivity contribution is 5.76. The molecule has 0 bridgehead atoms. The van der Waals surface area contributed by atoms with Crippen molar-refractivity contribution in [3.05, 3.63) is 11.6 Å². The number of fused-ring (bicyclic) bond motifs is 2. The van der Waals surface area contributed by atoms with Crippen molar-refractivity contribution >= 4 is 5.97 Å². The Hall–Kier alpha value is -0.910. The molecule has 1 heterocycles. The fourth-order valence-electron chi connectivity index (χ4n) is 5.17. The summed E-state index contributed by atoms with van der Waals surface area (Å²) in [6.45, 7) is 6.01. The molecular formula is C20H33NO4. The van der Waals surface area contributed by atoms with Crippen LogP contribution in [0.2, 0.25) is 0 Å². The largest absolute Gasteiger partial charge is 0.461 e. The highest BCUT2D eigenvalue weighted by atomic mass is 16.7. The molecule has 0 amide bonds. The van der Waals surface area contributed by atoms with Crippen molar-refractivity contribution in [3.63, 3.8) is 0 Å². The summed E-state index contributed by atoms with van der Waals surface area (Å²) in [5, 5.41) is 0. The van der Waals surface area contributed by atoms with Gasteiger partial charge in [0.1, 0.15) is 6.10 Å². The normalized spacial score (nSPS) is 37.7. The van der Waals surface area contributed by atoms with E-state index in [-0.39, 0.29) is 35.6 Å². The first kappa shape index (κ1) is 18.9. The summed E-state index contributed by atoms with van der Waals surface area (Å²) < 4.78 is 16.4. The van der Waals surface area contributed by atoms with Gasteiger partial charge >= 0.3 is 5.97 Å². The van der Waals surface area contributed by atoms with Gasteiger partial charge in [-0.15, -0.1) is 0 Å². The Bertz CT molecular complexity index is 530. The summed E-state index contributed by atoms with van der Waals surface area (Å²) in [5.41, 5.74) is 1.79. The summed E-state index contributed by atoms with van der Waals surface area (Å²) >= 11 is 0. The van der Waals surface area contributed by atoms with Crippen LogP contribution < -0.4 is 0 Å². The molecule has 5 unspecified atom stereocenters. The van der Waals surface area contributed by atoms with Crippen LogP contribution in [0.4, 0.5) is 0 Å². The van der Waals surface area contributed by atoms with Crippen LogP contribution in [0.3, 0.4) is 0 Å². The van der Waals surface area contributed by atoms with E-state index in [0.29, 0.717) is 19.0 Å². The fourth-order valence-corrected chi connectivity index (χ4v) is 5.17. The second-order valence-corrected chi connectivity index (χ2v) is 8.46. The van der Waals surface area contributed by atoms with E-state index in [4.69, 9.17) is 14.2 Å². The number of carbonyl (C=O) groups is 1. The van der Waals surface area contributed by atoms with E-state index in [1.807, 2.05) is 7.05 Å². The van der Waals surface area contributed by atoms with E-state index in [1.54, 1.807) is 19.8 Å². The molecule has 3 rings (SSSR count). The third-order valence-electron chi connectivity index (χ3n) is 6.58. The molecule has 0 aromatic heterocycles. The molecule has 0 aromatic rings. The zero-order valence-electron chi connectivity index (χ0n) is 16.3. The number of nitrogens with zero attached hydrogens (tertiary/aromatic N) is 1. The lowest BCUT2D eigenvalue weighted by atomic mass is 9.59. The van der Waals surface area contributed by atoms with Crippen molar-refractivity contribution in [1.29, 1.82) is 0 Å². The van der Waals surface area contributed by atoms with Gasteiger partial charge in [0, 0.05) is 33.2 Å². The van der Waals surface area contributed by atoms with E-state index in [2.05, 4.69) is 24.8 Å². The maximum absolute atomic E-state index is 12.6. The Morgan fingerprint density at radius 1 is 1.40 bits per heavy atom. The van der Waals surface area contributed by atoms with Crippen LogP contribution in [-0.4, -0.2) is 57.6 Å². The van der Waals surface area contributed by atoms with Crippen LogP contribution in [0.5, 0.6) is 0 Å². The molecule has 1 aliphatic heterocycles. The van der Waals surface area contributed by atoms with Crippen LogP contribution >= 0.6 is 0 Å². The Balaban J connectivity index is 1.75. The predicted molar refractivity (Wildman–Crippen MR) is 96.0 cm³/mol. The smallest absolute Gasteiger partial charge is 0.311 e. The first-order valence-electron chi connectivity index (χ1n) is 9.54. The maximum atomic E-state index is 12.6. The maximum Gasteiger partial charge on any atom is 0.311 e. The molecule has 3 aliphatic rings. The first-order valence-corrected chi connectivity index (χ1v) is 9.54. The molecule has 0 spiro atoms. The molecule has 0 radical (unpaired) electrons. The number of allylic oxidation sites excluding steroid dienone is 1. The van der Waals surface area contributed by atoms with Gasteiger partial charge in [-0.1, -0.05) is 31.9 Å². The molecule has 0 aromatic carbocycles. The number of esters is 1. The summed E-state index contributed by atoms with van der Waals surface area (Å²) in [4.78, 5) is 14.7. The molecule has 1 saturated carbocycles. The van der Waals surface area contributed by atoms with Gasteiger partial charge in [0.2, 0.25) is 0 Å². The number of rotatable bonds is 6. The van der Waals surface area contributed by atoms with Crippen LogP contribution in [0.15, 0.2) is 11.6 Å². The minimum atomic E-state index is -0.274. The third-order valence-corrected chi connectivity index (χ3v) is 6.58.